The fourth-order valence-corrected chi connectivity index (χ4v) is 5.63. The van der Waals surface area contributed by atoms with Crippen LogP contribution in [0.3, 0.4) is 0 Å². The molecule has 0 unspecified atom stereocenters. The van der Waals surface area contributed by atoms with Crippen LogP contribution in [0, 0.1) is 0 Å². The maximum absolute atomic E-state index is 12.0. The molecule has 0 aromatic heterocycles. The van der Waals surface area contributed by atoms with E-state index in [1.165, 1.54) is 23.3 Å². The highest BCUT2D eigenvalue weighted by Gasteiger charge is 2.18. The molecule has 1 aliphatic heterocycles. The van der Waals surface area contributed by atoms with Crippen LogP contribution >= 0.6 is 23.5 Å². The van der Waals surface area contributed by atoms with Gasteiger partial charge in [-0.25, -0.2) is 5.43 Å². The zero-order valence-corrected chi connectivity index (χ0v) is 19.2. The van der Waals surface area contributed by atoms with E-state index in [2.05, 4.69) is 10.5 Å². The lowest BCUT2D eigenvalue weighted by Gasteiger charge is -2.11. The minimum Gasteiger partial charge on any atom is -0.490 e. The van der Waals surface area contributed by atoms with E-state index in [1.54, 1.807) is 18.2 Å². The van der Waals surface area contributed by atoms with E-state index < -0.39 is 5.91 Å². The minimum absolute atomic E-state index is 0.145. The van der Waals surface area contributed by atoms with Crippen LogP contribution in [0.2, 0.25) is 0 Å². The van der Waals surface area contributed by atoms with Crippen LogP contribution in [0.1, 0.15) is 22.6 Å². The summed E-state index contributed by atoms with van der Waals surface area (Å²) in [6.45, 7) is 1.86. The number of rotatable bonds is 11. The third-order valence-electron chi connectivity index (χ3n) is 4.18. The molecule has 0 radical (unpaired) electrons. The summed E-state index contributed by atoms with van der Waals surface area (Å²) >= 11 is 3.89. The highest BCUT2D eigenvalue weighted by Crippen LogP contribution is 2.45. The number of amides is 2. The molecule has 3 N–H and O–H groups in total. The third-order valence-corrected chi connectivity index (χ3v) is 7.29. The average molecular weight is 476 g/mol. The highest BCUT2D eigenvalue weighted by molar-refractivity contribution is 8.19. The third kappa shape index (κ3) is 7.38. The van der Waals surface area contributed by atoms with Crippen LogP contribution in [-0.2, 0) is 9.59 Å². The van der Waals surface area contributed by atoms with E-state index in [4.69, 9.17) is 19.9 Å². The van der Waals surface area contributed by atoms with Crippen molar-refractivity contribution in [2.45, 2.75) is 11.5 Å². The summed E-state index contributed by atoms with van der Waals surface area (Å²) in [4.78, 5) is 22.9. The number of nitrogens with one attached hydrogen (secondary N) is 1. The summed E-state index contributed by atoms with van der Waals surface area (Å²) in [5, 5.41) is 3.94. The molecule has 0 bridgehead atoms. The number of hydrogen-bond acceptors (Lipinski definition) is 8. The van der Waals surface area contributed by atoms with Gasteiger partial charge in [-0.15, -0.1) is 23.5 Å². The van der Waals surface area contributed by atoms with Gasteiger partial charge in [-0.3, -0.25) is 9.59 Å². The van der Waals surface area contributed by atoms with Gasteiger partial charge in [-0.1, -0.05) is 12.1 Å². The summed E-state index contributed by atoms with van der Waals surface area (Å²) in [5.41, 5.74) is 9.47. The van der Waals surface area contributed by atoms with Crippen molar-refractivity contribution in [1.29, 1.82) is 0 Å². The first-order chi connectivity index (χ1) is 15.5. The lowest BCUT2D eigenvalue weighted by molar-refractivity contribution is -0.123. The SMILES string of the molecule is CCOc1cc(/C=N\NC(=O)COc2ccc(C3SCCS3)cc2)ccc1OCC(N)=O. The number of hydrazone groups is 1. The Labute approximate surface area is 195 Å². The molecule has 8 nitrogen and oxygen atoms in total. The normalized spacial score (nSPS) is 13.8. The van der Waals surface area contributed by atoms with E-state index in [-0.39, 0.29) is 19.1 Å². The molecular weight excluding hydrogens is 450 g/mol. The number of thioether (sulfide) groups is 2. The zero-order chi connectivity index (χ0) is 22.8. The van der Waals surface area contributed by atoms with Crippen molar-refractivity contribution < 1.29 is 23.8 Å². The van der Waals surface area contributed by atoms with E-state index in [9.17, 15) is 9.59 Å². The Morgan fingerprint density at radius 3 is 2.50 bits per heavy atom. The maximum Gasteiger partial charge on any atom is 0.277 e. The minimum atomic E-state index is -0.578. The number of carbonyl (C=O) groups excluding carboxylic acids is 2. The van der Waals surface area contributed by atoms with Gasteiger partial charge < -0.3 is 19.9 Å². The number of nitrogens with zero attached hydrogens (tertiary/aromatic N) is 1. The Morgan fingerprint density at radius 1 is 1.06 bits per heavy atom. The molecule has 1 saturated heterocycles. The molecule has 0 atom stereocenters. The lowest BCUT2D eigenvalue weighted by atomic mass is 10.2. The van der Waals surface area contributed by atoms with Crippen molar-refractivity contribution in [3.8, 4) is 17.2 Å². The second-order valence-corrected chi connectivity index (χ2v) is 9.34. The van der Waals surface area contributed by atoms with Crippen molar-refractivity contribution in [1.82, 2.24) is 5.43 Å². The molecule has 0 aliphatic carbocycles. The van der Waals surface area contributed by atoms with Crippen molar-refractivity contribution in [2.24, 2.45) is 10.8 Å². The van der Waals surface area contributed by atoms with Crippen molar-refractivity contribution in [2.75, 3.05) is 31.3 Å². The number of ether oxygens (including phenoxy) is 3. The fourth-order valence-electron chi connectivity index (χ4n) is 2.77. The number of carbonyl (C=O) groups is 2. The molecule has 1 heterocycles. The fraction of sp³-hybridized carbons (Fsp3) is 0.318. The van der Waals surface area contributed by atoms with Gasteiger partial charge in [-0.2, -0.15) is 5.10 Å². The maximum atomic E-state index is 12.0. The standard InChI is InChI=1S/C22H25N3O5S2/c1-2-28-19-11-15(3-8-18(19)30-13-20(23)26)12-24-25-21(27)14-29-17-6-4-16(5-7-17)22-31-9-10-32-22/h3-8,11-12,22H,2,9-10,13-14H2,1H3,(H2,23,26)(H,25,27)/b24-12-. The quantitative estimate of drug-likeness (QED) is 0.380. The molecule has 32 heavy (non-hydrogen) atoms. The first-order valence-electron chi connectivity index (χ1n) is 10.0. The largest absolute Gasteiger partial charge is 0.490 e. The van der Waals surface area contributed by atoms with Crippen LogP contribution in [0.5, 0.6) is 17.2 Å². The number of nitrogens with two attached hydrogens (primary N) is 1. The molecule has 2 aromatic carbocycles. The van der Waals surface area contributed by atoms with Crippen molar-refractivity contribution >= 4 is 41.6 Å². The monoisotopic (exact) mass is 475 g/mol. The Hall–Kier alpha value is -2.85. The van der Waals surface area contributed by atoms with Gasteiger partial charge in [0.1, 0.15) is 5.75 Å². The zero-order valence-electron chi connectivity index (χ0n) is 17.6. The number of hydrogen-bond donors (Lipinski definition) is 2. The van der Waals surface area contributed by atoms with E-state index >= 15 is 0 Å². The molecule has 3 rings (SSSR count). The highest BCUT2D eigenvalue weighted by atomic mass is 32.2. The van der Waals surface area contributed by atoms with E-state index in [0.29, 0.717) is 34.0 Å². The molecule has 2 aromatic rings. The molecule has 1 fully saturated rings. The smallest absolute Gasteiger partial charge is 0.277 e. The van der Waals surface area contributed by atoms with Crippen molar-refractivity contribution in [3.63, 3.8) is 0 Å². The van der Waals surface area contributed by atoms with E-state index in [1.807, 2.05) is 54.7 Å². The summed E-state index contributed by atoms with van der Waals surface area (Å²) in [6, 6.07) is 12.9. The number of primary amides is 1. The van der Waals surface area contributed by atoms with Gasteiger partial charge in [0, 0.05) is 11.5 Å². The summed E-state index contributed by atoms with van der Waals surface area (Å²) < 4.78 is 16.9. The lowest BCUT2D eigenvalue weighted by Crippen LogP contribution is -2.24. The second kappa shape index (κ2) is 12.3. The molecule has 10 heteroatoms. The van der Waals surface area contributed by atoms with Crippen LogP contribution in [0.25, 0.3) is 0 Å². The molecule has 170 valence electrons. The van der Waals surface area contributed by atoms with Crippen LogP contribution in [0.4, 0.5) is 0 Å². The first-order valence-corrected chi connectivity index (χ1v) is 12.1. The van der Waals surface area contributed by atoms with Gasteiger partial charge >= 0.3 is 0 Å². The van der Waals surface area contributed by atoms with Crippen LogP contribution in [0.15, 0.2) is 47.6 Å². The first kappa shape index (κ1) is 23.8. The molecular formula is C22H25N3O5S2. The predicted octanol–water partition coefficient (Wildman–Crippen LogP) is 2.96. The van der Waals surface area contributed by atoms with Crippen LogP contribution < -0.4 is 25.4 Å². The Kier molecular flexibility index (Phi) is 9.12. The number of benzene rings is 2. The molecule has 1 aliphatic rings. The molecule has 2 amide bonds. The average Bonchev–Trinajstić information content (AvgIpc) is 3.33. The topological polar surface area (TPSA) is 112 Å². The van der Waals surface area contributed by atoms with Gasteiger partial charge in [0.15, 0.2) is 24.7 Å². The van der Waals surface area contributed by atoms with Gasteiger partial charge in [0.25, 0.3) is 11.8 Å². The van der Waals surface area contributed by atoms with Gasteiger partial charge in [-0.05, 0) is 48.4 Å². The predicted molar refractivity (Wildman–Crippen MR) is 128 cm³/mol. The van der Waals surface area contributed by atoms with Gasteiger partial charge in [0.2, 0.25) is 0 Å². The molecule has 0 spiro atoms. The van der Waals surface area contributed by atoms with E-state index in [0.717, 1.165) is 0 Å². The molecule has 0 saturated carbocycles. The van der Waals surface area contributed by atoms with Crippen molar-refractivity contribution in [3.05, 3.63) is 53.6 Å². The van der Waals surface area contributed by atoms with Crippen LogP contribution in [-0.4, -0.2) is 49.4 Å². The Morgan fingerprint density at radius 2 is 1.81 bits per heavy atom. The Bertz CT molecular complexity index is 947. The second-order valence-electron chi connectivity index (χ2n) is 6.62. The summed E-state index contributed by atoms with van der Waals surface area (Å²) in [5.74, 6) is 2.88. The van der Waals surface area contributed by atoms with Gasteiger partial charge in [0.05, 0.1) is 17.4 Å². The summed E-state index contributed by atoms with van der Waals surface area (Å²) in [6.07, 6.45) is 1.48. The Balaban J connectivity index is 1.47. The summed E-state index contributed by atoms with van der Waals surface area (Å²) in [7, 11) is 0.